The number of ether oxygens (including phenoxy) is 1. The molecule has 146 valence electrons. The first-order valence-electron chi connectivity index (χ1n) is 9.62. The van der Waals surface area contributed by atoms with Crippen molar-refractivity contribution in [2.75, 3.05) is 11.9 Å². The van der Waals surface area contributed by atoms with Crippen LogP contribution < -0.4 is 5.32 Å². The number of hydrogen-bond donors (Lipinski definition) is 1. The molecule has 3 rings (SSSR count). The molecule has 1 aromatic carbocycles. The summed E-state index contributed by atoms with van der Waals surface area (Å²) >= 11 is 0. The first-order chi connectivity index (χ1) is 13.0. The van der Waals surface area contributed by atoms with Crippen LogP contribution in [-0.4, -0.2) is 28.0 Å². The first-order valence-corrected chi connectivity index (χ1v) is 9.62. The zero-order chi connectivity index (χ0) is 19.6. The van der Waals surface area contributed by atoms with Crippen LogP contribution in [0.1, 0.15) is 58.1 Å². The van der Waals surface area contributed by atoms with E-state index in [0.29, 0.717) is 23.4 Å². The zero-order valence-corrected chi connectivity index (χ0v) is 16.0. The number of benzene rings is 1. The molecule has 0 saturated heterocycles. The molecule has 0 radical (unpaired) electrons. The van der Waals surface area contributed by atoms with E-state index >= 15 is 4.39 Å². The number of aromatic nitrogens is 2. The largest absolute Gasteiger partial charge is 0.466 e. The number of amides is 1. The molecular weight excluding hydrogens is 349 g/mol. The highest BCUT2D eigenvalue weighted by Crippen LogP contribution is 2.38. The van der Waals surface area contributed by atoms with E-state index in [4.69, 9.17) is 4.74 Å². The molecule has 1 aromatic heterocycles. The third-order valence-electron chi connectivity index (χ3n) is 5.25. The molecule has 2 aromatic rings. The lowest BCUT2D eigenvalue weighted by Crippen LogP contribution is -2.25. The van der Waals surface area contributed by atoms with Gasteiger partial charge >= 0.3 is 5.97 Å². The van der Waals surface area contributed by atoms with Crippen LogP contribution in [0.2, 0.25) is 0 Å². The summed E-state index contributed by atoms with van der Waals surface area (Å²) in [7, 11) is 0. The molecule has 1 atom stereocenters. The Morgan fingerprint density at radius 3 is 2.70 bits per heavy atom. The number of imidazole rings is 1. The highest BCUT2D eigenvalue weighted by molar-refractivity contribution is 5.93. The maximum Gasteiger partial charge on any atom is 0.310 e. The van der Waals surface area contributed by atoms with Crippen LogP contribution in [0.15, 0.2) is 12.1 Å². The Morgan fingerprint density at radius 2 is 2.11 bits per heavy atom. The molecular formula is C20H26FN3O3. The summed E-state index contributed by atoms with van der Waals surface area (Å²) in [5.41, 5.74) is 1.11. The van der Waals surface area contributed by atoms with Gasteiger partial charge in [-0.15, -0.1) is 0 Å². The maximum absolute atomic E-state index is 15.2. The van der Waals surface area contributed by atoms with E-state index in [0.717, 1.165) is 19.3 Å². The topological polar surface area (TPSA) is 73.2 Å². The van der Waals surface area contributed by atoms with Crippen molar-refractivity contribution in [2.24, 2.45) is 5.92 Å². The smallest absolute Gasteiger partial charge is 0.310 e. The van der Waals surface area contributed by atoms with E-state index in [1.165, 1.54) is 0 Å². The van der Waals surface area contributed by atoms with Gasteiger partial charge in [0.1, 0.15) is 5.52 Å². The predicted molar refractivity (Wildman–Crippen MR) is 101 cm³/mol. The number of anilines is 1. The lowest BCUT2D eigenvalue weighted by atomic mass is 9.92. The molecule has 6 nitrogen and oxygen atoms in total. The van der Waals surface area contributed by atoms with Crippen LogP contribution in [0.3, 0.4) is 0 Å². The van der Waals surface area contributed by atoms with Gasteiger partial charge in [0, 0.05) is 17.5 Å². The van der Waals surface area contributed by atoms with Gasteiger partial charge < -0.3 is 9.30 Å². The van der Waals surface area contributed by atoms with E-state index in [-0.39, 0.29) is 36.5 Å². The van der Waals surface area contributed by atoms with Gasteiger partial charge in [-0.25, -0.2) is 9.37 Å². The number of nitrogens with zero attached hydrogens (tertiary/aromatic N) is 2. The van der Waals surface area contributed by atoms with Crippen molar-refractivity contribution in [3.05, 3.63) is 23.5 Å². The number of carbonyl (C=O) groups is 2. The van der Waals surface area contributed by atoms with Crippen LogP contribution in [-0.2, 0) is 20.7 Å². The maximum atomic E-state index is 15.2. The highest BCUT2D eigenvalue weighted by atomic mass is 19.1. The van der Waals surface area contributed by atoms with Gasteiger partial charge in [-0.1, -0.05) is 19.9 Å². The average molecular weight is 375 g/mol. The fraction of sp³-hybridized carbons (Fsp3) is 0.550. The Labute approximate surface area is 158 Å². The van der Waals surface area contributed by atoms with Gasteiger partial charge in [0.25, 0.3) is 0 Å². The fourth-order valence-electron chi connectivity index (χ4n) is 3.20. The number of carbonyl (C=O) groups excluding carboxylic acids is 2. The summed E-state index contributed by atoms with van der Waals surface area (Å²) in [4.78, 5) is 28.6. The lowest BCUT2D eigenvalue weighted by molar-refractivity contribution is -0.142. The summed E-state index contributed by atoms with van der Waals surface area (Å²) in [5.74, 6) is -0.823. The number of nitrogens with one attached hydrogen (secondary N) is 1. The summed E-state index contributed by atoms with van der Waals surface area (Å²) in [5, 5.41) is 2.86. The fourth-order valence-corrected chi connectivity index (χ4v) is 3.20. The SMILES string of the molecule is CCOC(=O)Cc1ccc2nc(NC(=O)[C@@H](C)CC)n(C3CCC3)c2c1F. The minimum absolute atomic E-state index is 0.106. The second-order valence-electron chi connectivity index (χ2n) is 7.08. The lowest BCUT2D eigenvalue weighted by Gasteiger charge is -2.29. The van der Waals surface area contributed by atoms with Crippen molar-refractivity contribution in [2.45, 2.75) is 58.9 Å². The number of halogens is 1. The predicted octanol–water partition coefficient (Wildman–Crippen LogP) is 3.99. The third kappa shape index (κ3) is 3.82. The second-order valence-corrected chi connectivity index (χ2v) is 7.08. The van der Waals surface area contributed by atoms with E-state index in [1.807, 2.05) is 13.8 Å². The van der Waals surface area contributed by atoms with Crippen LogP contribution in [0.4, 0.5) is 10.3 Å². The van der Waals surface area contributed by atoms with E-state index in [2.05, 4.69) is 10.3 Å². The monoisotopic (exact) mass is 375 g/mol. The molecule has 27 heavy (non-hydrogen) atoms. The van der Waals surface area contributed by atoms with Crippen molar-refractivity contribution >= 4 is 28.9 Å². The molecule has 1 N–H and O–H groups in total. The van der Waals surface area contributed by atoms with E-state index in [1.54, 1.807) is 23.6 Å². The molecule has 1 aliphatic carbocycles. The Balaban J connectivity index is 2.03. The van der Waals surface area contributed by atoms with Crippen LogP contribution >= 0.6 is 0 Å². The van der Waals surface area contributed by atoms with Crippen LogP contribution in [0.25, 0.3) is 11.0 Å². The van der Waals surface area contributed by atoms with Gasteiger partial charge in [0.2, 0.25) is 11.9 Å². The molecule has 1 saturated carbocycles. The van der Waals surface area contributed by atoms with Gasteiger partial charge in [0.15, 0.2) is 5.82 Å². The summed E-state index contributed by atoms with van der Waals surface area (Å²) in [6.45, 7) is 5.77. The Morgan fingerprint density at radius 1 is 1.37 bits per heavy atom. The van der Waals surface area contributed by atoms with Crippen LogP contribution in [0, 0.1) is 11.7 Å². The number of fused-ring (bicyclic) bond motifs is 1. The molecule has 7 heteroatoms. The number of rotatable bonds is 7. The van der Waals surface area contributed by atoms with Gasteiger partial charge in [-0.05, 0) is 38.7 Å². The molecule has 0 unspecified atom stereocenters. The number of hydrogen-bond acceptors (Lipinski definition) is 4. The van der Waals surface area contributed by atoms with Gasteiger partial charge in [-0.2, -0.15) is 0 Å². The molecule has 1 amide bonds. The van der Waals surface area contributed by atoms with Crippen molar-refractivity contribution in [1.29, 1.82) is 0 Å². The van der Waals surface area contributed by atoms with Crippen molar-refractivity contribution in [3.63, 3.8) is 0 Å². The van der Waals surface area contributed by atoms with E-state index in [9.17, 15) is 9.59 Å². The molecule has 1 heterocycles. The standard InChI is InChI=1S/C20H26FN3O3/c1-4-12(3)19(26)23-20-22-15-10-9-13(11-16(25)27-5-2)17(21)18(15)24(20)14-7-6-8-14/h9-10,12,14H,4-8,11H2,1-3H3,(H,22,23,26)/t12-/m0/s1. The Bertz CT molecular complexity index is 858. The average Bonchev–Trinajstić information content (AvgIpc) is 2.94. The van der Waals surface area contributed by atoms with Crippen molar-refractivity contribution < 1.29 is 18.7 Å². The molecule has 1 fully saturated rings. The summed E-state index contributed by atoms with van der Waals surface area (Å²) < 4.78 is 22.0. The third-order valence-corrected chi connectivity index (χ3v) is 5.25. The highest BCUT2D eigenvalue weighted by Gasteiger charge is 2.28. The minimum Gasteiger partial charge on any atom is -0.466 e. The van der Waals surface area contributed by atoms with Gasteiger partial charge in [-0.3, -0.25) is 14.9 Å². The number of esters is 1. The Kier molecular flexibility index (Phi) is 5.77. The first kappa shape index (κ1) is 19.3. The summed E-state index contributed by atoms with van der Waals surface area (Å²) in [6.07, 6.45) is 3.49. The van der Waals surface area contributed by atoms with Crippen LogP contribution in [0.5, 0.6) is 0 Å². The van der Waals surface area contributed by atoms with Gasteiger partial charge in [0.05, 0.1) is 18.5 Å². The normalized spacial score (nSPS) is 15.4. The van der Waals surface area contributed by atoms with Crippen molar-refractivity contribution in [1.82, 2.24) is 9.55 Å². The summed E-state index contributed by atoms with van der Waals surface area (Å²) in [6, 6.07) is 3.36. The quantitative estimate of drug-likeness (QED) is 0.743. The molecule has 0 bridgehead atoms. The molecule has 1 aliphatic rings. The van der Waals surface area contributed by atoms with E-state index < -0.39 is 11.8 Å². The molecule has 0 aliphatic heterocycles. The second kappa shape index (κ2) is 8.06. The Hall–Kier alpha value is -2.44. The van der Waals surface area contributed by atoms with Crippen molar-refractivity contribution in [3.8, 4) is 0 Å². The zero-order valence-electron chi connectivity index (χ0n) is 16.0. The minimum atomic E-state index is -0.469. The molecule has 0 spiro atoms.